The molecule has 1 saturated heterocycles. The fourth-order valence-electron chi connectivity index (χ4n) is 3.71. The van der Waals surface area contributed by atoms with Gasteiger partial charge in [0.15, 0.2) is 0 Å². The Morgan fingerprint density at radius 2 is 2.16 bits per heavy atom. The Morgan fingerprint density at radius 1 is 1.32 bits per heavy atom. The summed E-state index contributed by atoms with van der Waals surface area (Å²) in [5.74, 6) is 2.11. The summed E-state index contributed by atoms with van der Waals surface area (Å²) in [5, 5.41) is 3.46. The molecule has 0 radical (unpaired) electrons. The fourth-order valence-corrected chi connectivity index (χ4v) is 3.71. The number of furan rings is 1. The Hall–Kier alpha value is -0.800. The predicted molar refractivity (Wildman–Crippen MR) is 77.2 cm³/mol. The molecule has 0 spiro atoms. The zero-order valence-electron chi connectivity index (χ0n) is 12.0. The molecular weight excluding hydrogens is 236 g/mol. The molecule has 1 fully saturated rings. The van der Waals surface area contributed by atoms with Crippen molar-refractivity contribution in [1.29, 1.82) is 0 Å². The van der Waals surface area contributed by atoms with Gasteiger partial charge in [0, 0.05) is 24.6 Å². The quantitative estimate of drug-likeness (QED) is 0.904. The SMILES string of the molecule is CCN(CC1CCNCC1)C1CCCc2occc21. The number of fused-ring (bicyclic) bond motifs is 1. The van der Waals surface area contributed by atoms with Gasteiger partial charge >= 0.3 is 0 Å². The third-order valence-corrected chi connectivity index (χ3v) is 4.82. The molecule has 0 aromatic carbocycles. The summed E-state index contributed by atoms with van der Waals surface area (Å²) in [7, 11) is 0. The van der Waals surface area contributed by atoms with Gasteiger partial charge in [-0.05, 0) is 57.3 Å². The van der Waals surface area contributed by atoms with Gasteiger partial charge in [0.1, 0.15) is 5.76 Å². The Kier molecular flexibility index (Phi) is 4.24. The molecule has 2 heterocycles. The van der Waals surface area contributed by atoms with E-state index in [4.69, 9.17) is 4.42 Å². The van der Waals surface area contributed by atoms with Crippen LogP contribution in [0.5, 0.6) is 0 Å². The minimum absolute atomic E-state index is 0.599. The number of hydrogen-bond acceptors (Lipinski definition) is 3. The lowest BCUT2D eigenvalue weighted by molar-refractivity contribution is 0.143. The van der Waals surface area contributed by atoms with Crippen LogP contribution in [0.25, 0.3) is 0 Å². The molecule has 1 aliphatic heterocycles. The average molecular weight is 262 g/mol. The lowest BCUT2D eigenvalue weighted by Gasteiger charge is -2.36. The van der Waals surface area contributed by atoms with Crippen LogP contribution in [0.2, 0.25) is 0 Å². The second kappa shape index (κ2) is 6.10. The van der Waals surface area contributed by atoms with Crippen LogP contribution in [0.1, 0.15) is 50.0 Å². The topological polar surface area (TPSA) is 28.4 Å². The molecule has 1 atom stereocenters. The van der Waals surface area contributed by atoms with Gasteiger partial charge in [-0.3, -0.25) is 4.90 Å². The molecule has 0 saturated carbocycles. The Morgan fingerprint density at radius 3 is 2.95 bits per heavy atom. The number of hydrogen-bond donors (Lipinski definition) is 1. The highest BCUT2D eigenvalue weighted by molar-refractivity contribution is 5.24. The number of piperidine rings is 1. The minimum atomic E-state index is 0.599. The molecule has 0 bridgehead atoms. The number of nitrogens with one attached hydrogen (secondary N) is 1. The maximum Gasteiger partial charge on any atom is 0.108 e. The molecule has 1 aromatic heterocycles. The van der Waals surface area contributed by atoms with Crippen LogP contribution in [-0.4, -0.2) is 31.1 Å². The molecule has 0 amide bonds. The molecule has 2 aliphatic rings. The van der Waals surface area contributed by atoms with Crippen LogP contribution in [0.4, 0.5) is 0 Å². The smallest absolute Gasteiger partial charge is 0.108 e. The Bertz CT molecular complexity index is 395. The largest absolute Gasteiger partial charge is 0.469 e. The molecule has 1 unspecified atom stereocenters. The van der Waals surface area contributed by atoms with E-state index in [-0.39, 0.29) is 0 Å². The monoisotopic (exact) mass is 262 g/mol. The molecule has 1 N–H and O–H groups in total. The van der Waals surface area contributed by atoms with Gasteiger partial charge < -0.3 is 9.73 Å². The van der Waals surface area contributed by atoms with Gasteiger partial charge in [-0.2, -0.15) is 0 Å². The van der Waals surface area contributed by atoms with Crippen molar-refractivity contribution in [2.75, 3.05) is 26.2 Å². The summed E-state index contributed by atoms with van der Waals surface area (Å²) < 4.78 is 5.63. The van der Waals surface area contributed by atoms with Crippen molar-refractivity contribution in [2.45, 2.75) is 45.1 Å². The van der Waals surface area contributed by atoms with E-state index in [1.54, 1.807) is 0 Å². The second-order valence-electron chi connectivity index (χ2n) is 5.99. The van der Waals surface area contributed by atoms with E-state index in [9.17, 15) is 0 Å². The normalized spacial score (nSPS) is 24.6. The maximum absolute atomic E-state index is 5.63. The highest BCUT2D eigenvalue weighted by atomic mass is 16.3. The summed E-state index contributed by atoms with van der Waals surface area (Å²) >= 11 is 0. The zero-order valence-corrected chi connectivity index (χ0v) is 12.0. The van der Waals surface area contributed by atoms with E-state index in [1.165, 1.54) is 56.6 Å². The number of nitrogens with zero attached hydrogens (tertiary/aromatic N) is 1. The Balaban J connectivity index is 1.69. The van der Waals surface area contributed by atoms with Crippen molar-refractivity contribution in [2.24, 2.45) is 5.92 Å². The van der Waals surface area contributed by atoms with Crippen molar-refractivity contribution in [1.82, 2.24) is 10.2 Å². The first-order valence-electron chi connectivity index (χ1n) is 7.89. The van der Waals surface area contributed by atoms with Crippen LogP contribution in [0, 0.1) is 5.92 Å². The van der Waals surface area contributed by atoms with E-state index in [0.717, 1.165) is 18.9 Å². The van der Waals surface area contributed by atoms with E-state index in [0.29, 0.717) is 6.04 Å². The van der Waals surface area contributed by atoms with Crippen LogP contribution < -0.4 is 5.32 Å². The second-order valence-corrected chi connectivity index (χ2v) is 5.99. The Labute approximate surface area is 116 Å². The number of aryl methyl sites for hydroxylation is 1. The zero-order chi connectivity index (χ0) is 13.1. The van der Waals surface area contributed by atoms with E-state index in [2.05, 4.69) is 23.2 Å². The molecule has 1 aromatic rings. The van der Waals surface area contributed by atoms with E-state index >= 15 is 0 Å². The molecule has 19 heavy (non-hydrogen) atoms. The summed E-state index contributed by atoms with van der Waals surface area (Å²) in [4.78, 5) is 2.68. The highest BCUT2D eigenvalue weighted by Gasteiger charge is 2.28. The van der Waals surface area contributed by atoms with Gasteiger partial charge in [-0.15, -0.1) is 0 Å². The lowest BCUT2D eigenvalue weighted by atomic mass is 9.90. The van der Waals surface area contributed by atoms with Gasteiger partial charge in [0.05, 0.1) is 6.26 Å². The summed E-state index contributed by atoms with van der Waals surface area (Å²) in [5.41, 5.74) is 1.46. The van der Waals surface area contributed by atoms with Crippen molar-refractivity contribution in [3.63, 3.8) is 0 Å². The third-order valence-electron chi connectivity index (χ3n) is 4.82. The third kappa shape index (κ3) is 2.87. The van der Waals surface area contributed by atoms with Crippen molar-refractivity contribution < 1.29 is 4.42 Å². The minimum Gasteiger partial charge on any atom is -0.469 e. The van der Waals surface area contributed by atoms with Gasteiger partial charge in [-0.1, -0.05) is 6.92 Å². The van der Waals surface area contributed by atoms with Crippen LogP contribution >= 0.6 is 0 Å². The van der Waals surface area contributed by atoms with Crippen molar-refractivity contribution in [3.8, 4) is 0 Å². The summed E-state index contributed by atoms with van der Waals surface area (Å²) in [6.07, 6.45) is 8.24. The lowest BCUT2D eigenvalue weighted by Crippen LogP contribution is -2.38. The van der Waals surface area contributed by atoms with Gasteiger partial charge in [-0.25, -0.2) is 0 Å². The van der Waals surface area contributed by atoms with Crippen LogP contribution in [0.15, 0.2) is 16.7 Å². The van der Waals surface area contributed by atoms with Gasteiger partial charge in [0.25, 0.3) is 0 Å². The molecule has 106 valence electrons. The molecular formula is C16H26N2O. The van der Waals surface area contributed by atoms with Crippen LogP contribution in [0.3, 0.4) is 0 Å². The maximum atomic E-state index is 5.63. The molecule has 1 aliphatic carbocycles. The average Bonchev–Trinajstić information content (AvgIpc) is 2.94. The standard InChI is InChI=1S/C16H26N2O/c1-2-18(12-13-6-9-17-10-7-13)15-4-3-5-16-14(15)8-11-19-16/h8,11,13,15,17H,2-7,9-10,12H2,1H3. The van der Waals surface area contributed by atoms with E-state index in [1.807, 2.05) is 6.26 Å². The summed E-state index contributed by atoms with van der Waals surface area (Å²) in [6.45, 7) is 7.11. The molecule has 3 heteroatoms. The summed E-state index contributed by atoms with van der Waals surface area (Å²) in [6, 6.07) is 2.80. The first kappa shape index (κ1) is 13.2. The first-order valence-corrected chi connectivity index (χ1v) is 7.89. The predicted octanol–water partition coefficient (Wildman–Crippen LogP) is 2.98. The van der Waals surface area contributed by atoms with Crippen molar-refractivity contribution in [3.05, 3.63) is 23.7 Å². The number of rotatable bonds is 4. The van der Waals surface area contributed by atoms with Crippen molar-refractivity contribution >= 4 is 0 Å². The highest BCUT2D eigenvalue weighted by Crippen LogP contribution is 2.35. The van der Waals surface area contributed by atoms with E-state index < -0.39 is 0 Å². The first-order chi connectivity index (χ1) is 9.38. The van der Waals surface area contributed by atoms with Crippen LogP contribution in [-0.2, 0) is 6.42 Å². The molecule has 3 nitrogen and oxygen atoms in total. The van der Waals surface area contributed by atoms with Gasteiger partial charge in [0.2, 0.25) is 0 Å². The molecule has 3 rings (SSSR count). The fraction of sp³-hybridized carbons (Fsp3) is 0.750.